The zero-order valence-corrected chi connectivity index (χ0v) is 18.3. The lowest BCUT2D eigenvalue weighted by molar-refractivity contribution is -0.125. The van der Waals surface area contributed by atoms with Gasteiger partial charge in [-0.1, -0.05) is 54.6 Å². The molecule has 1 aliphatic rings. The Hall–Kier alpha value is -3.77. The summed E-state index contributed by atoms with van der Waals surface area (Å²) in [6.07, 6.45) is 4.99. The minimum atomic E-state index is -0.0896. The second kappa shape index (κ2) is 9.58. The Labute approximate surface area is 188 Å². The number of fused-ring (bicyclic) bond motifs is 1. The maximum atomic E-state index is 12.8. The Morgan fingerprint density at radius 2 is 1.88 bits per heavy atom. The molecule has 0 spiro atoms. The molecule has 6 heteroatoms. The molecule has 0 saturated heterocycles. The highest BCUT2D eigenvalue weighted by atomic mass is 16.2. The molecule has 1 aliphatic heterocycles. The van der Waals surface area contributed by atoms with Gasteiger partial charge in [-0.25, -0.2) is 4.98 Å². The number of rotatable bonds is 5. The number of pyridine rings is 1. The van der Waals surface area contributed by atoms with E-state index in [4.69, 9.17) is 0 Å². The van der Waals surface area contributed by atoms with Crippen molar-refractivity contribution in [3.8, 4) is 11.1 Å². The van der Waals surface area contributed by atoms with Crippen LogP contribution in [0.15, 0.2) is 72.9 Å². The highest BCUT2D eigenvalue weighted by Crippen LogP contribution is 2.24. The number of hydrogen-bond acceptors (Lipinski definition) is 4. The van der Waals surface area contributed by atoms with Gasteiger partial charge in [0.1, 0.15) is 5.82 Å². The van der Waals surface area contributed by atoms with Crippen LogP contribution in [0, 0.1) is 0 Å². The Morgan fingerprint density at radius 3 is 2.69 bits per heavy atom. The summed E-state index contributed by atoms with van der Waals surface area (Å²) in [6.45, 7) is 1.45. The molecule has 0 fully saturated rings. The van der Waals surface area contributed by atoms with Crippen molar-refractivity contribution in [2.45, 2.75) is 13.1 Å². The molecule has 2 amide bonds. The Kier molecular flexibility index (Phi) is 6.42. The first-order valence-corrected chi connectivity index (χ1v) is 10.5. The monoisotopic (exact) mass is 426 g/mol. The van der Waals surface area contributed by atoms with E-state index in [0.29, 0.717) is 25.5 Å². The van der Waals surface area contributed by atoms with Crippen molar-refractivity contribution >= 4 is 23.7 Å². The number of aromatic nitrogens is 1. The Bertz CT molecular complexity index is 1160. The third-order valence-corrected chi connectivity index (χ3v) is 5.40. The minimum Gasteiger partial charge on any atom is -0.338 e. The van der Waals surface area contributed by atoms with Crippen LogP contribution < -0.4 is 5.32 Å². The summed E-state index contributed by atoms with van der Waals surface area (Å²) >= 11 is 0. The van der Waals surface area contributed by atoms with E-state index in [0.717, 1.165) is 27.8 Å². The van der Waals surface area contributed by atoms with E-state index in [1.54, 1.807) is 30.3 Å². The minimum absolute atomic E-state index is 0.0744. The molecule has 0 saturated carbocycles. The summed E-state index contributed by atoms with van der Waals surface area (Å²) in [7, 11) is 3.69. The van der Waals surface area contributed by atoms with Gasteiger partial charge < -0.3 is 10.2 Å². The van der Waals surface area contributed by atoms with Crippen LogP contribution in [0.2, 0.25) is 0 Å². The lowest BCUT2D eigenvalue weighted by atomic mass is 9.99. The first kappa shape index (κ1) is 21.5. The summed E-state index contributed by atoms with van der Waals surface area (Å²) in [5.74, 6) is 0.417. The highest BCUT2D eigenvalue weighted by molar-refractivity contribution is 5.93. The van der Waals surface area contributed by atoms with Crippen molar-refractivity contribution in [1.82, 2.24) is 14.8 Å². The van der Waals surface area contributed by atoms with Crippen LogP contribution in [0.25, 0.3) is 17.2 Å². The van der Waals surface area contributed by atoms with Gasteiger partial charge in [-0.2, -0.15) is 0 Å². The normalized spacial score (nSPS) is 14.0. The fourth-order valence-corrected chi connectivity index (χ4v) is 3.80. The Balaban J connectivity index is 1.47. The topological polar surface area (TPSA) is 65.5 Å². The first-order chi connectivity index (χ1) is 15.5. The van der Waals surface area contributed by atoms with Crippen molar-refractivity contribution in [2.24, 2.45) is 0 Å². The number of anilines is 1. The quantitative estimate of drug-likeness (QED) is 0.630. The number of hydrogen-bond donors (Lipinski definition) is 1. The molecule has 3 aromatic rings. The van der Waals surface area contributed by atoms with Crippen LogP contribution in [0.5, 0.6) is 0 Å². The molecule has 32 heavy (non-hydrogen) atoms. The van der Waals surface area contributed by atoms with Crippen molar-refractivity contribution < 1.29 is 9.59 Å². The fraction of sp³-hybridized carbons (Fsp3) is 0.192. The number of carbonyl (C=O) groups is 2. The van der Waals surface area contributed by atoms with Gasteiger partial charge in [0, 0.05) is 38.0 Å². The number of amides is 2. The lowest BCUT2D eigenvalue weighted by Crippen LogP contribution is -2.26. The van der Waals surface area contributed by atoms with Crippen LogP contribution in [0.3, 0.4) is 0 Å². The molecule has 0 unspecified atom stereocenters. The Morgan fingerprint density at radius 1 is 1.12 bits per heavy atom. The van der Waals surface area contributed by atoms with E-state index in [-0.39, 0.29) is 11.8 Å². The van der Waals surface area contributed by atoms with Gasteiger partial charge in [-0.3, -0.25) is 14.5 Å². The van der Waals surface area contributed by atoms with E-state index >= 15 is 0 Å². The summed E-state index contributed by atoms with van der Waals surface area (Å²) in [6, 6.07) is 20.3. The highest BCUT2D eigenvalue weighted by Gasteiger charge is 2.17. The average Bonchev–Trinajstić information content (AvgIpc) is 2.94. The zero-order valence-electron chi connectivity index (χ0n) is 18.3. The van der Waals surface area contributed by atoms with Crippen LogP contribution in [-0.4, -0.2) is 47.2 Å². The molecule has 1 N–H and O–H groups in total. The molecule has 0 bridgehead atoms. The largest absolute Gasteiger partial charge is 0.338 e. The van der Waals surface area contributed by atoms with Crippen molar-refractivity contribution in [3.63, 3.8) is 0 Å². The molecule has 2 heterocycles. The summed E-state index contributed by atoms with van der Waals surface area (Å²) < 4.78 is 0. The summed E-state index contributed by atoms with van der Waals surface area (Å²) in [5.41, 5.74) is 5.09. The van der Waals surface area contributed by atoms with Gasteiger partial charge in [0.15, 0.2) is 0 Å². The zero-order chi connectivity index (χ0) is 22.5. The standard InChI is InChI=1S/C26H26N4O2/c1-29-16-22-14-19(15-27-26(22)28-24(31)18-29)12-13-25(32)30(2)17-21-10-6-7-11-23(21)20-8-4-3-5-9-20/h3-15H,16-18H2,1-2H3,(H,27,28,31)/b13-12+. The van der Waals surface area contributed by atoms with Gasteiger partial charge in [0.2, 0.25) is 11.8 Å². The number of nitrogens with zero attached hydrogens (tertiary/aromatic N) is 3. The molecule has 0 aliphatic carbocycles. The molecule has 162 valence electrons. The van der Waals surface area contributed by atoms with Crippen molar-refractivity contribution in [2.75, 3.05) is 26.0 Å². The smallest absolute Gasteiger partial charge is 0.246 e. The van der Waals surface area contributed by atoms with Crippen LogP contribution >= 0.6 is 0 Å². The van der Waals surface area contributed by atoms with Gasteiger partial charge >= 0.3 is 0 Å². The number of carbonyl (C=O) groups excluding carboxylic acids is 2. The molecule has 0 atom stereocenters. The molecule has 4 rings (SSSR count). The number of likely N-dealkylation sites (N-methyl/N-ethyl adjacent to an activating group) is 2. The molecule has 6 nitrogen and oxygen atoms in total. The van der Waals surface area contributed by atoms with Crippen molar-refractivity contribution in [3.05, 3.63) is 89.6 Å². The molecular formula is C26H26N4O2. The molecule has 2 aromatic carbocycles. The second-order valence-corrected chi connectivity index (χ2v) is 8.05. The average molecular weight is 427 g/mol. The maximum absolute atomic E-state index is 12.8. The predicted molar refractivity (Wildman–Crippen MR) is 127 cm³/mol. The van der Waals surface area contributed by atoms with Crippen LogP contribution in [0.4, 0.5) is 5.82 Å². The SMILES string of the molecule is CN1CC(=O)Nc2ncc(/C=C/C(=O)N(C)Cc3ccccc3-c3ccccc3)cc2C1. The van der Waals surface area contributed by atoms with Crippen LogP contribution in [-0.2, 0) is 22.7 Å². The summed E-state index contributed by atoms with van der Waals surface area (Å²) in [4.78, 5) is 32.6. The molecular weight excluding hydrogens is 400 g/mol. The van der Waals surface area contributed by atoms with Crippen LogP contribution in [0.1, 0.15) is 16.7 Å². The lowest BCUT2D eigenvalue weighted by Gasteiger charge is -2.18. The number of benzene rings is 2. The first-order valence-electron chi connectivity index (χ1n) is 10.5. The number of nitrogens with one attached hydrogen (secondary N) is 1. The van der Waals surface area contributed by atoms with E-state index in [1.165, 1.54) is 0 Å². The summed E-state index contributed by atoms with van der Waals surface area (Å²) in [5, 5.41) is 2.82. The van der Waals surface area contributed by atoms with Crippen molar-refractivity contribution in [1.29, 1.82) is 0 Å². The van der Waals surface area contributed by atoms with E-state index in [2.05, 4.69) is 34.6 Å². The van der Waals surface area contributed by atoms with Gasteiger partial charge in [-0.15, -0.1) is 0 Å². The predicted octanol–water partition coefficient (Wildman–Crippen LogP) is 3.80. The molecule has 1 aromatic heterocycles. The molecule has 0 radical (unpaired) electrons. The van der Waals surface area contributed by atoms with Gasteiger partial charge in [0.05, 0.1) is 6.54 Å². The van der Waals surface area contributed by atoms with E-state index < -0.39 is 0 Å². The third kappa shape index (κ3) is 5.10. The maximum Gasteiger partial charge on any atom is 0.246 e. The fourth-order valence-electron chi connectivity index (χ4n) is 3.80. The third-order valence-electron chi connectivity index (χ3n) is 5.40. The van der Waals surface area contributed by atoms with Gasteiger partial charge in [0.25, 0.3) is 0 Å². The van der Waals surface area contributed by atoms with Gasteiger partial charge in [-0.05, 0) is 41.4 Å². The second-order valence-electron chi connectivity index (χ2n) is 8.05. The van der Waals surface area contributed by atoms with E-state index in [9.17, 15) is 9.59 Å². The van der Waals surface area contributed by atoms with E-state index in [1.807, 2.05) is 48.3 Å².